The highest BCUT2D eigenvalue weighted by Crippen LogP contribution is 2.07. The molecular weight excluding hydrogens is 422 g/mol. The molecule has 0 aliphatic rings. The molecule has 1 heterocycles. The number of hydrogen-bond acceptors (Lipinski definition) is 7. The molecule has 32 heavy (non-hydrogen) atoms. The topological polar surface area (TPSA) is 222 Å². The molecule has 0 spiro atoms. The van der Waals surface area contributed by atoms with Crippen LogP contribution in [0.2, 0.25) is 0 Å². The van der Waals surface area contributed by atoms with Crippen LogP contribution in [0, 0.1) is 5.92 Å². The second-order valence-corrected chi connectivity index (χ2v) is 7.70. The number of amides is 4. The zero-order valence-electron chi connectivity index (χ0n) is 18.1. The molecule has 0 saturated carbocycles. The van der Waals surface area contributed by atoms with Gasteiger partial charge in [-0.25, -0.2) is 9.78 Å². The molecule has 178 valence electrons. The van der Waals surface area contributed by atoms with Crippen LogP contribution in [0.3, 0.4) is 0 Å². The summed E-state index contributed by atoms with van der Waals surface area (Å²) in [4.78, 5) is 66.7. The first-order valence-corrected chi connectivity index (χ1v) is 10.1. The second kappa shape index (κ2) is 13.0. The van der Waals surface area contributed by atoms with Gasteiger partial charge in [0, 0.05) is 24.7 Å². The molecule has 0 fully saturated rings. The molecule has 0 bridgehead atoms. The number of aliphatic carboxylic acids is 1. The number of aromatic nitrogens is 2. The van der Waals surface area contributed by atoms with Crippen LogP contribution in [-0.2, 0) is 30.4 Å². The van der Waals surface area contributed by atoms with Crippen molar-refractivity contribution in [1.29, 1.82) is 0 Å². The maximum Gasteiger partial charge on any atom is 0.326 e. The molecule has 3 atom stereocenters. The molecule has 13 nitrogen and oxygen atoms in total. The highest BCUT2D eigenvalue weighted by atomic mass is 16.4. The normalized spacial score (nSPS) is 13.6. The van der Waals surface area contributed by atoms with E-state index in [-0.39, 0.29) is 38.1 Å². The highest BCUT2D eigenvalue weighted by Gasteiger charge is 2.30. The number of rotatable bonds is 14. The van der Waals surface area contributed by atoms with Crippen LogP contribution in [0.1, 0.15) is 38.8 Å². The lowest BCUT2D eigenvalue weighted by atomic mass is 10.0. The molecule has 0 aromatic carbocycles. The van der Waals surface area contributed by atoms with Gasteiger partial charge < -0.3 is 37.5 Å². The van der Waals surface area contributed by atoms with Gasteiger partial charge in [0.25, 0.3) is 0 Å². The van der Waals surface area contributed by atoms with Crippen LogP contribution in [0.4, 0.5) is 0 Å². The lowest BCUT2D eigenvalue weighted by Crippen LogP contribution is -2.57. The van der Waals surface area contributed by atoms with Gasteiger partial charge in [0.2, 0.25) is 23.6 Å². The average molecular weight is 454 g/mol. The van der Waals surface area contributed by atoms with Gasteiger partial charge in [-0.3, -0.25) is 19.2 Å². The molecule has 3 unspecified atom stereocenters. The summed E-state index contributed by atoms with van der Waals surface area (Å²) in [6.07, 6.45) is 2.74. The molecule has 0 saturated heterocycles. The number of carbonyl (C=O) groups excluding carboxylic acids is 4. The van der Waals surface area contributed by atoms with Gasteiger partial charge in [0.15, 0.2) is 0 Å². The summed E-state index contributed by atoms with van der Waals surface area (Å²) in [5, 5.41) is 16.7. The van der Waals surface area contributed by atoms with Crippen LogP contribution >= 0.6 is 0 Å². The highest BCUT2D eigenvalue weighted by molar-refractivity contribution is 5.94. The first-order valence-electron chi connectivity index (χ1n) is 10.1. The summed E-state index contributed by atoms with van der Waals surface area (Å²) < 4.78 is 0. The molecule has 13 heteroatoms. The summed E-state index contributed by atoms with van der Waals surface area (Å²) >= 11 is 0. The standard InChI is InChI=1S/C19H31N7O6/c1-10(2)5-14(19(31)32)26-18(30)13(6-11-8-22-9-23-11)25-17(29)12(3-4-15(21)27)24-16(28)7-20/h8-10,12-14H,3-7,20H2,1-2H3,(H2,21,27)(H,22,23)(H,24,28)(H,25,29)(H,26,30)(H,31,32). The van der Waals surface area contributed by atoms with Crippen LogP contribution in [0.5, 0.6) is 0 Å². The number of primary amides is 1. The first kappa shape index (κ1) is 26.6. The molecular formula is C19H31N7O6. The van der Waals surface area contributed by atoms with Crippen LogP contribution in [0.15, 0.2) is 12.5 Å². The van der Waals surface area contributed by atoms with Crippen molar-refractivity contribution in [2.45, 2.75) is 57.7 Å². The fourth-order valence-corrected chi connectivity index (χ4v) is 2.87. The number of aromatic amines is 1. The number of nitrogens with one attached hydrogen (secondary N) is 4. The number of carboxylic acids is 1. The Kier molecular flexibility index (Phi) is 10.8. The van der Waals surface area contributed by atoms with Gasteiger partial charge in [-0.05, 0) is 18.8 Å². The van der Waals surface area contributed by atoms with Crippen molar-refractivity contribution in [2.24, 2.45) is 17.4 Å². The minimum absolute atomic E-state index is 0.00158. The summed E-state index contributed by atoms with van der Waals surface area (Å²) in [5.74, 6) is -3.97. The Morgan fingerprint density at radius 3 is 2.19 bits per heavy atom. The fraction of sp³-hybridized carbons (Fsp3) is 0.579. The van der Waals surface area contributed by atoms with Crippen LogP contribution in [0.25, 0.3) is 0 Å². The molecule has 1 aromatic heterocycles. The van der Waals surface area contributed by atoms with Crippen molar-refractivity contribution >= 4 is 29.6 Å². The number of nitrogens with two attached hydrogens (primary N) is 2. The van der Waals surface area contributed by atoms with Crippen molar-refractivity contribution in [1.82, 2.24) is 25.9 Å². The third kappa shape index (κ3) is 9.55. The van der Waals surface area contributed by atoms with Gasteiger partial charge >= 0.3 is 5.97 Å². The number of nitrogens with zero attached hydrogens (tertiary/aromatic N) is 1. The second-order valence-electron chi connectivity index (χ2n) is 7.70. The van der Waals surface area contributed by atoms with E-state index in [9.17, 15) is 29.1 Å². The van der Waals surface area contributed by atoms with E-state index in [2.05, 4.69) is 25.9 Å². The molecule has 4 amide bonds. The first-order chi connectivity index (χ1) is 15.0. The summed E-state index contributed by atoms with van der Waals surface area (Å²) in [7, 11) is 0. The van der Waals surface area contributed by atoms with E-state index in [0.29, 0.717) is 5.69 Å². The smallest absolute Gasteiger partial charge is 0.326 e. The van der Waals surface area contributed by atoms with Gasteiger partial charge in [0.05, 0.1) is 12.9 Å². The van der Waals surface area contributed by atoms with E-state index < -0.39 is 47.7 Å². The lowest BCUT2D eigenvalue weighted by Gasteiger charge is -2.24. The lowest BCUT2D eigenvalue weighted by molar-refractivity contribution is -0.142. The maximum absolute atomic E-state index is 12.9. The van der Waals surface area contributed by atoms with Crippen molar-refractivity contribution in [3.05, 3.63) is 18.2 Å². The predicted octanol–water partition coefficient (Wildman–Crippen LogP) is -2.24. The van der Waals surface area contributed by atoms with E-state index in [4.69, 9.17) is 11.5 Å². The Labute approximate surface area is 185 Å². The van der Waals surface area contributed by atoms with E-state index >= 15 is 0 Å². The van der Waals surface area contributed by atoms with Crippen LogP contribution in [-0.4, -0.2) is 69.3 Å². The van der Waals surface area contributed by atoms with Gasteiger partial charge in [-0.15, -0.1) is 0 Å². The number of imidazole rings is 1. The summed E-state index contributed by atoms with van der Waals surface area (Å²) in [6, 6.07) is -3.49. The monoisotopic (exact) mass is 453 g/mol. The Bertz CT molecular complexity index is 796. The SMILES string of the molecule is CC(C)CC(NC(=O)C(Cc1cnc[nH]1)NC(=O)C(CCC(N)=O)NC(=O)CN)C(=O)O. The quantitative estimate of drug-likeness (QED) is 0.163. The fourth-order valence-electron chi connectivity index (χ4n) is 2.87. The third-order valence-electron chi connectivity index (χ3n) is 4.45. The summed E-state index contributed by atoms with van der Waals surface area (Å²) in [5.41, 5.74) is 10.9. The molecule has 0 aliphatic carbocycles. The van der Waals surface area contributed by atoms with Crippen LogP contribution < -0.4 is 27.4 Å². The molecule has 1 rings (SSSR count). The zero-order valence-corrected chi connectivity index (χ0v) is 18.1. The Balaban J connectivity index is 3.03. The van der Waals surface area contributed by atoms with Crippen molar-refractivity contribution < 1.29 is 29.1 Å². The Hall–Kier alpha value is -3.48. The molecule has 0 radical (unpaired) electrons. The van der Waals surface area contributed by atoms with E-state index in [1.54, 1.807) is 0 Å². The number of H-pyrrole nitrogens is 1. The van der Waals surface area contributed by atoms with Crippen molar-refractivity contribution in [2.75, 3.05) is 6.54 Å². The zero-order chi connectivity index (χ0) is 24.3. The number of carboxylic acid groups (broad SMARTS) is 1. The molecule has 9 N–H and O–H groups in total. The van der Waals surface area contributed by atoms with Gasteiger partial charge in [-0.2, -0.15) is 0 Å². The number of carbonyl (C=O) groups is 5. The maximum atomic E-state index is 12.9. The van der Waals surface area contributed by atoms with Gasteiger partial charge in [-0.1, -0.05) is 13.8 Å². The third-order valence-corrected chi connectivity index (χ3v) is 4.45. The van der Waals surface area contributed by atoms with E-state index in [1.165, 1.54) is 12.5 Å². The van der Waals surface area contributed by atoms with E-state index in [0.717, 1.165) is 0 Å². The molecule has 1 aromatic rings. The number of hydrogen-bond donors (Lipinski definition) is 7. The minimum atomic E-state index is -1.20. The predicted molar refractivity (Wildman–Crippen MR) is 113 cm³/mol. The van der Waals surface area contributed by atoms with Crippen molar-refractivity contribution in [3.63, 3.8) is 0 Å². The summed E-state index contributed by atoms with van der Waals surface area (Å²) in [6.45, 7) is 3.25. The van der Waals surface area contributed by atoms with E-state index in [1.807, 2.05) is 13.8 Å². The largest absolute Gasteiger partial charge is 0.480 e. The molecule has 0 aliphatic heterocycles. The van der Waals surface area contributed by atoms with Crippen molar-refractivity contribution in [3.8, 4) is 0 Å². The Morgan fingerprint density at radius 2 is 1.69 bits per heavy atom. The Morgan fingerprint density at radius 1 is 1.06 bits per heavy atom. The minimum Gasteiger partial charge on any atom is -0.480 e. The van der Waals surface area contributed by atoms with Gasteiger partial charge in [0.1, 0.15) is 18.1 Å². The average Bonchev–Trinajstić information content (AvgIpc) is 3.22.